The molecule has 1 amide bonds. The van der Waals surface area contributed by atoms with E-state index in [1.54, 1.807) is 11.3 Å². The summed E-state index contributed by atoms with van der Waals surface area (Å²) in [5, 5.41) is 2.87. The minimum atomic E-state index is 0.0876. The van der Waals surface area contributed by atoms with E-state index < -0.39 is 0 Å². The van der Waals surface area contributed by atoms with Gasteiger partial charge in [-0.1, -0.05) is 0 Å². The molecule has 1 aliphatic rings. The maximum absolute atomic E-state index is 11.3. The van der Waals surface area contributed by atoms with Gasteiger partial charge in [0.15, 0.2) is 0 Å². The Morgan fingerprint density at radius 1 is 1.26 bits per heavy atom. The first-order valence-electron chi connectivity index (χ1n) is 6.00. The van der Waals surface area contributed by atoms with Crippen molar-refractivity contribution in [2.45, 2.75) is 19.4 Å². The van der Waals surface area contributed by atoms with Crippen LogP contribution in [0, 0.1) is 0 Å². The lowest BCUT2D eigenvalue weighted by molar-refractivity contribution is -0.116. The number of hydrogen-bond acceptors (Lipinski definition) is 3. The number of fused-ring (bicyclic) bond motifs is 1. The third-order valence-electron chi connectivity index (χ3n) is 2.98. The maximum atomic E-state index is 11.3. The van der Waals surface area contributed by atoms with Crippen molar-refractivity contribution in [3.05, 3.63) is 44.6 Å². The summed E-state index contributed by atoms with van der Waals surface area (Å²) in [5.41, 5.74) is 2.05. The van der Waals surface area contributed by atoms with E-state index in [-0.39, 0.29) is 5.91 Å². The minimum absolute atomic E-state index is 0.0876. The fraction of sp³-hybridized carbons (Fsp3) is 0.214. The van der Waals surface area contributed by atoms with E-state index in [9.17, 15) is 4.79 Å². The van der Waals surface area contributed by atoms with Crippen molar-refractivity contribution in [2.75, 3.05) is 5.32 Å². The Morgan fingerprint density at radius 2 is 2.16 bits per heavy atom. The molecule has 2 heterocycles. The first-order valence-corrected chi connectivity index (χ1v) is 7.61. The highest BCUT2D eigenvalue weighted by Gasteiger charge is 2.15. The second-order valence-corrected chi connectivity index (χ2v) is 6.91. The highest BCUT2D eigenvalue weighted by molar-refractivity contribution is 9.11. The van der Waals surface area contributed by atoms with Gasteiger partial charge in [0.2, 0.25) is 5.91 Å². The molecule has 1 aromatic heterocycles. The molecule has 0 saturated carbocycles. The van der Waals surface area contributed by atoms with Crippen molar-refractivity contribution in [3.8, 4) is 5.75 Å². The molecule has 0 unspecified atom stereocenters. The van der Waals surface area contributed by atoms with Crippen molar-refractivity contribution in [1.82, 2.24) is 0 Å². The molecule has 1 aliphatic heterocycles. The summed E-state index contributed by atoms with van der Waals surface area (Å²) >= 11 is 5.11. The van der Waals surface area contributed by atoms with Crippen LogP contribution in [0.25, 0.3) is 0 Å². The molecular weight excluding hydrogens is 326 g/mol. The zero-order chi connectivity index (χ0) is 13.2. The summed E-state index contributed by atoms with van der Waals surface area (Å²) in [6.45, 7) is 0.571. The van der Waals surface area contributed by atoms with Crippen LogP contribution in [0.1, 0.15) is 16.9 Å². The first kappa shape index (κ1) is 12.7. The van der Waals surface area contributed by atoms with Crippen LogP contribution in [-0.2, 0) is 17.8 Å². The third kappa shape index (κ3) is 2.98. The van der Waals surface area contributed by atoms with Gasteiger partial charge < -0.3 is 10.1 Å². The molecule has 19 heavy (non-hydrogen) atoms. The topological polar surface area (TPSA) is 38.3 Å². The minimum Gasteiger partial charge on any atom is -0.488 e. The fourth-order valence-electron chi connectivity index (χ4n) is 2.03. The van der Waals surface area contributed by atoms with E-state index in [2.05, 4.69) is 21.2 Å². The van der Waals surface area contributed by atoms with E-state index in [1.807, 2.05) is 30.3 Å². The number of aryl methyl sites for hydroxylation is 1. The van der Waals surface area contributed by atoms with Crippen LogP contribution >= 0.6 is 27.3 Å². The van der Waals surface area contributed by atoms with Crippen LogP contribution in [0.5, 0.6) is 5.75 Å². The Bertz CT molecular complexity index is 624. The number of nitrogens with one attached hydrogen (secondary N) is 1. The number of benzene rings is 1. The summed E-state index contributed by atoms with van der Waals surface area (Å²) in [4.78, 5) is 12.5. The Labute approximate surface area is 123 Å². The summed E-state index contributed by atoms with van der Waals surface area (Å²) < 4.78 is 6.89. The van der Waals surface area contributed by atoms with E-state index in [0.29, 0.717) is 13.0 Å². The van der Waals surface area contributed by atoms with Gasteiger partial charge in [-0.3, -0.25) is 4.79 Å². The van der Waals surface area contributed by atoms with Gasteiger partial charge in [0.05, 0.1) is 3.79 Å². The third-order valence-corrected chi connectivity index (χ3v) is 4.58. The van der Waals surface area contributed by atoms with E-state index in [4.69, 9.17) is 4.74 Å². The number of rotatable bonds is 3. The number of ether oxygens (including phenoxy) is 1. The molecule has 0 bridgehead atoms. The molecule has 0 spiro atoms. The van der Waals surface area contributed by atoms with Crippen LogP contribution in [-0.4, -0.2) is 5.91 Å². The van der Waals surface area contributed by atoms with Crippen LogP contribution < -0.4 is 10.1 Å². The van der Waals surface area contributed by atoms with Crippen LogP contribution in [0.3, 0.4) is 0 Å². The number of hydrogen-bond donors (Lipinski definition) is 1. The number of thiophene rings is 1. The van der Waals surface area contributed by atoms with Gasteiger partial charge in [-0.05, 0) is 58.2 Å². The molecular formula is C14H12BrNO2S. The highest BCUT2D eigenvalue weighted by atomic mass is 79.9. The molecule has 0 aliphatic carbocycles. The molecule has 98 valence electrons. The summed E-state index contributed by atoms with van der Waals surface area (Å²) in [5.74, 6) is 0.934. The molecule has 0 radical (unpaired) electrons. The lowest BCUT2D eigenvalue weighted by atomic mass is 10.0. The standard InChI is InChI=1S/C14H12BrNO2S/c15-13-5-3-11(19-13)8-18-10-2-4-12-9(7-10)1-6-14(17)16-12/h2-5,7H,1,6,8H2,(H,16,17). The second kappa shape index (κ2) is 5.35. The van der Waals surface area contributed by atoms with Crippen molar-refractivity contribution in [2.24, 2.45) is 0 Å². The molecule has 3 nitrogen and oxygen atoms in total. The van der Waals surface area contributed by atoms with Crippen LogP contribution in [0.15, 0.2) is 34.1 Å². The zero-order valence-electron chi connectivity index (χ0n) is 10.1. The maximum Gasteiger partial charge on any atom is 0.224 e. The number of carbonyl (C=O) groups is 1. The van der Waals surface area contributed by atoms with Gasteiger partial charge in [0.1, 0.15) is 12.4 Å². The van der Waals surface area contributed by atoms with Crippen molar-refractivity contribution in [3.63, 3.8) is 0 Å². The Balaban J connectivity index is 1.70. The van der Waals surface area contributed by atoms with E-state index in [1.165, 1.54) is 4.88 Å². The number of anilines is 1. The molecule has 5 heteroatoms. The fourth-order valence-corrected chi connectivity index (χ4v) is 3.43. The van der Waals surface area contributed by atoms with Crippen LogP contribution in [0.4, 0.5) is 5.69 Å². The smallest absolute Gasteiger partial charge is 0.224 e. The molecule has 2 aromatic rings. The number of amides is 1. The molecule has 0 atom stereocenters. The summed E-state index contributed by atoms with van der Waals surface area (Å²) in [7, 11) is 0. The monoisotopic (exact) mass is 337 g/mol. The van der Waals surface area contributed by atoms with Crippen LogP contribution in [0.2, 0.25) is 0 Å². The van der Waals surface area contributed by atoms with Gasteiger partial charge in [-0.25, -0.2) is 0 Å². The van der Waals surface area contributed by atoms with E-state index in [0.717, 1.165) is 27.2 Å². The van der Waals surface area contributed by atoms with Gasteiger partial charge in [0.25, 0.3) is 0 Å². The average Bonchev–Trinajstić information content (AvgIpc) is 2.82. The van der Waals surface area contributed by atoms with Gasteiger partial charge in [-0.15, -0.1) is 11.3 Å². The van der Waals surface area contributed by atoms with Crippen molar-refractivity contribution >= 4 is 38.9 Å². The molecule has 0 saturated heterocycles. The summed E-state index contributed by atoms with van der Waals surface area (Å²) in [6, 6.07) is 9.88. The largest absolute Gasteiger partial charge is 0.488 e. The first-order chi connectivity index (χ1) is 9.20. The quantitative estimate of drug-likeness (QED) is 0.920. The number of carbonyl (C=O) groups excluding carboxylic acids is 1. The van der Waals surface area contributed by atoms with Gasteiger partial charge in [0, 0.05) is 17.0 Å². The predicted octanol–water partition coefficient (Wildman–Crippen LogP) is 3.97. The average molecular weight is 338 g/mol. The molecule has 1 N–H and O–H groups in total. The normalized spacial score (nSPS) is 13.8. The predicted molar refractivity (Wildman–Crippen MR) is 79.7 cm³/mol. The summed E-state index contributed by atoms with van der Waals surface area (Å²) in [6.07, 6.45) is 1.33. The number of halogens is 1. The van der Waals surface area contributed by atoms with Crippen molar-refractivity contribution in [1.29, 1.82) is 0 Å². The lowest BCUT2D eigenvalue weighted by Gasteiger charge is -2.17. The van der Waals surface area contributed by atoms with Crippen molar-refractivity contribution < 1.29 is 9.53 Å². The van der Waals surface area contributed by atoms with E-state index >= 15 is 0 Å². The zero-order valence-corrected chi connectivity index (χ0v) is 12.5. The van der Waals surface area contributed by atoms with Gasteiger partial charge >= 0.3 is 0 Å². The Hall–Kier alpha value is -1.33. The highest BCUT2D eigenvalue weighted by Crippen LogP contribution is 2.28. The molecule has 0 fully saturated rings. The lowest BCUT2D eigenvalue weighted by Crippen LogP contribution is -2.18. The Kier molecular flexibility index (Phi) is 3.57. The van der Waals surface area contributed by atoms with Gasteiger partial charge in [-0.2, -0.15) is 0 Å². The Morgan fingerprint density at radius 3 is 2.95 bits per heavy atom. The second-order valence-electron chi connectivity index (χ2n) is 4.36. The molecule has 3 rings (SSSR count). The SMILES string of the molecule is O=C1CCc2cc(OCc3ccc(Br)s3)ccc2N1. The molecule has 1 aromatic carbocycles.